The van der Waals surface area contributed by atoms with E-state index in [0.29, 0.717) is 17.1 Å². The van der Waals surface area contributed by atoms with Crippen molar-refractivity contribution in [1.29, 1.82) is 0 Å². The highest BCUT2D eigenvalue weighted by atomic mass is 16.5. The molecule has 0 radical (unpaired) electrons. The van der Waals surface area contributed by atoms with Crippen molar-refractivity contribution in [2.45, 2.75) is 13.0 Å². The SMILES string of the molecule is COC(=O)c1ccccc1NC(=O)C1=C(C)NC(=O)NC1c1ccco1. The van der Waals surface area contributed by atoms with E-state index in [2.05, 4.69) is 16.0 Å². The first-order chi connectivity index (χ1) is 12.5. The Morgan fingerprint density at radius 2 is 1.96 bits per heavy atom. The molecule has 8 nitrogen and oxygen atoms in total. The van der Waals surface area contributed by atoms with Gasteiger partial charge in [0, 0.05) is 5.70 Å². The first-order valence-electron chi connectivity index (χ1n) is 7.81. The van der Waals surface area contributed by atoms with Crippen LogP contribution in [-0.2, 0) is 9.53 Å². The van der Waals surface area contributed by atoms with Gasteiger partial charge in [-0.2, -0.15) is 0 Å². The molecule has 0 saturated heterocycles. The van der Waals surface area contributed by atoms with Gasteiger partial charge < -0.3 is 25.1 Å². The zero-order valence-electron chi connectivity index (χ0n) is 14.2. The van der Waals surface area contributed by atoms with Gasteiger partial charge in [-0.05, 0) is 31.2 Å². The van der Waals surface area contributed by atoms with Crippen molar-refractivity contribution in [3.8, 4) is 0 Å². The molecule has 3 N–H and O–H groups in total. The third kappa shape index (κ3) is 3.30. The summed E-state index contributed by atoms with van der Waals surface area (Å²) in [6.45, 7) is 1.62. The highest BCUT2D eigenvalue weighted by molar-refractivity contribution is 6.09. The number of carbonyl (C=O) groups excluding carboxylic acids is 3. The number of hydrogen-bond donors (Lipinski definition) is 3. The van der Waals surface area contributed by atoms with Gasteiger partial charge in [-0.3, -0.25) is 4.79 Å². The molecule has 1 aliphatic rings. The average Bonchev–Trinajstić information content (AvgIpc) is 3.15. The molecule has 3 amide bonds. The van der Waals surface area contributed by atoms with Gasteiger partial charge in [-0.15, -0.1) is 0 Å². The molecule has 2 aromatic rings. The van der Waals surface area contributed by atoms with Crippen molar-refractivity contribution >= 4 is 23.6 Å². The first kappa shape index (κ1) is 17.3. The van der Waals surface area contributed by atoms with E-state index < -0.39 is 23.9 Å². The summed E-state index contributed by atoms with van der Waals surface area (Å²) in [5.74, 6) is -0.623. The molecule has 8 heteroatoms. The lowest BCUT2D eigenvalue weighted by molar-refractivity contribution is -0.113. The Hall–Kier alpha value is -3.55. The number of furan rings is 1. The van der Waals surface area contributed by atoms with E-state index in [-0.39, 0.29) is 11.1 Å². The Kier molecular flexibility index (Phi) is 4.74. The molecule has 2 heterocycles. The molecule has 0 aliphatic carbocycles. The number of esters is 1. The van der Waals surface area contributed by atoms with Crippen LogP contribution >= 0.6 is 0 Å². The third-order valence-corrected chi connectivity index (χ3v) is 3.92. The van der Waals surface area contributed by atoms with Gasteiger partial charge >= 0.3 is 12.0 Å². The fourth-order valence-electron chi connectivity index (χ4n) is 2.73. The maximum Gasteiger partial charge on any atom is 0.339 e. The third-order valence-electron chi connectivity index (χ3n) is 3.92. The maximum absolute atomic E-state index is 12.9. The minimum atomic E-state index is -0.746. The van der Waals surface area contributed by atoms with E-state index in [4.69, 9.17) is 9.15 Å². The Morgan fingerprint density at radius 3 is 2.65 bits per heavy atom. The van der Waals surface area contributed by atoms with E-state index in [1.165, 1.54) is 13.4 Å². The smallest absolute Gasteiger partial charge is 0.339 e. The predicted molar refractivity (Wildman–Crippen MR) is 92.2 cm³/mol. The Bertz CT molecular complexity index is 886. The van der Waals surface area contributed by atoms with Crippen molar-refractivity contribution < 1.29 is 23.5 Å². The number of rotatable bonds is 4. The number of anilines is 1. The lowest BCUT2D eigenvalue weighted by Crippen LogP contribution is -2.45. The molecule has 26 heavy (non-hydrogen) atoms. The highest BCUT2D eigenvalue weighted by Crippen LogP contribution is 2.28. The Balaban J connectivity index is 1.94. The van der Waals surface area contributed by atoms with Crippen molar-refractivity contribution in [1.82, 2.24) is 10.6 Å². The molecule has 0 spiro atoms. The Labute approximate surface area is 149 Å². The van der Waals surface area contributed by atoms with Gasteiger partial charge in [0.05, 0.1) is 30.2 Å². The molecule has 0 fully saturated rings. The molecule has 1 aliphatic heterocycles. The first-order valence-corrected chi connectivity index (χ1v) is 7.81. The number of benzene rings is 1. The summed E-state index contributed by atoms with van der Waals surface area (Å²) < 4.78 is 10.1. The summed E-state index contributed by atoms with van der Waals surface area (Å²) in [4.78, 5) is 36.6. The van der Waals surface area contributed by atoms with Gasteiger partial charge in [0.1, 0.15) is 11.8 Å². The second-order valence-electron chi connectivity index (χ2n) is 5.58. The van der Waals surface area contributed by atoms with Crippen molar-refractivity contribution in [2.75, 3.05) is 12.4 Å². The number of methoxy groups -OCH3 is 1. The minimum absolute atomic E-state index is 0.226. The molecule has 1 unspecified atom stereocenters. The monoisotopic (exact) mass is 355 g/mol. The second kappa shape index (κ2) is 7.14. The summed E-state index contributed by atoms with van der Waals surface area (Å²) in [5.41, 5.74) is 1.20. The van der Waals surface area contributed by atoms with Crippen LogP contribution in [0.4, 0.5) is 10.5 Å². The number of carbonyl (C=O) groups is 3. The molecule has 1 atom stereocenters. The predicted octanol–water partition coefficient (Wildman–Crippen LogP) is 2.33. The zero-order chi connectivity index (χ0) is 18.7. The van der Waals surface area contributed by atoms with Gasteiger partial charge in [0.25, 0.3) is 5.91 Å². The molecule has 134 valence electrons. The van der Waals surface area contributed by atoms with Gasteiger partial charge in [0.15, 0.2) is 0 Å². The van der Waals surface area contributed by atoms with Crippen LogP contribution in [0, 0.1) is 0 Å². The second-order valence-corrected chi connectivity index (χ2v) is 5.58. The van der Waals surface area contributed by atoms with Crippen LogP contribution in [0.15, 0.2) is 58.3 Å². The van der Waals surface area contributed by atoms with Crippen LogP contribution in [0.25, 0.3) is 0 Å². The number of amides is 3. The van der Waals surface area contributed by atoms with Crippen LogP contribution in [0.5, 0.6) is 0 Å². The topological polar surface area (TPSA) is 110 Å². The zero-order valence-corrected chi connectivity index (χ0v) is 14.2. The number of hydrogen-bond acceptors (Lipinski definition) is 5. The lowest BCUT2D eigenvalue weighted by Gasteiger charge is -2.27. The molecule has 3 rings (SSSR count). The fourth-order valence-corrected chi connectivity index (χ4v) is 2.73. The fraction of sp³-hybridized carbons (Fsp3) is 0.167. The molecule has 1 aromatic heterocycles. The van der Waals surface area contributed by atoms with Crippen LogP contribution in [0.2, 0.25) is 0 Å². The van der Waals surface area contributed by atoms with Crippen LogP contribution in [-0.4, -0.2) is 25.0 Å². The van der Waals surface area contributed by atoms with Crippen molar-refractivity contribution in [2.24, 2.45) is 0 Å². The maximum atomic E-state index is 12.9. The van der Waals surface area contributed by atoms with E-state index in [0.717, 1.165) is 0 Å². The molecule has 0 bridgehead atoms. The van der Waals surface area contributed by atoms with E-state index in [1.54, 1.807) is 43.3 Å². The summed E-state index contributed by atoms with van der Waals surface area (Å²) in [5, 5.41) is 7.93. The largest absolute Gasteiger partial charge is 0.467 e. The van der Waals surface area contributed by atoms with Gasteiger partial charge in [0.2, 0.25) is 0 Å². The van der Waals surface area contributed by atoms with Gasteiger partial charge in [-0.25, -0.2) is 9.59 Å². The number of nitrogens with one attached hydrogen (secondary N) is 3. The number of ether oxygens (including phenoxy) is 1. The van der Waals surface area contributed by atoms with Crippen LogP contribution in [0.3, 0.4) is 0 Å². The number of urea groups is 1. The Morgan fingerprint density at radius 1 is 1.19 bits per heavy atom. The number of allylic oxidation sites excluding steroid dienone is 1. The quantitative estimate of drug-likeness (QED) is 0.729. The summed E-state index contributed by atoms with van der Waals surface area (Å²) in [6, 6.07) is 8.65. The number of para-hydroxylation sites is 1. The van der Waals surface area contributed by atoms with E-state index in [1.807, 2.05) is 0 Å². The van der Waals surface area contributed by atoms with E-state index in [9.17, 15) is 14.4 Å². The van der Waals surface area contributed by atoms with Crippen LogP contribution < -0.4 is 16.0 Å². The molecule has 0 saturated carbocycles. The van der Waals surface area contributed by atoms with E-state index >= 15 is 0 Å². The molecule has 1 aromatic carbocycles. The molecular formula is C18H17N3O5. The highest BCUT2D eigenvalue weighted by Gasteiger charge is 2.33. The standard InChI is InChI=1S/C18H17N3O5/c1-10-14(15(21-18(24)19-10)13-8-5-9-26-13)16(22)20-12-7-4-3-6-11(12)17(23)25-2/h3-9,15H,1-2H3,(H,20,22)(H2,19,21,24). The summed E-state index contributed by atoms with van der Waals surface area (Å²) in [6.07, 6.45) is 1.46. The average molecular weight is 355 g/mol. The minimum Gasteiger partial charge on any atom is -0.467 e. The van der Waals surface area contributed by atoms with Crippen LogP contribution in [0.1, 0.15) is 29.1 Å². The lowest BCUT2D eigenvalue weighted by atomic mass is 9.99. The summed E-state index contributed by atoms with van der Waals surface area (Å²) >= 11 is 0. The molecular weight excluding hydrogens is 338 g/mol. The normalized spacial score (nSPS) is 16.5. The van der Waals surface area contributed by atoms with Crippen molar-refractivity contribution in [3.05, 3.63) is 65.3 Å². The van der Waals surface area contributed by atoms with Crippen molar-refractivity contribution in [3.63, 3.8) is 0 Å². The summed E-state index contributed by atoms with van der Waals surface area (Å²) in [7, 11) is 1.27. The van der Waals surface area contributed by atoms with Gasteiger partial charge in [-0.1, -0.05) is 12.1 Å².